The molecule has 3 rings (SSSR count). The summed E-state index contributed by atoms with van der Waals surface area (Å²) in [6.07, 6.45) is 10.5. The highest BCUT2D eigenvalue weighted by molar-refractivity contribution is 9.10. The molecule has 2 N–H and O–H groups in total. The van der Waals surface area contributed by atoms with Gasteiger partial charge in [-0.25, -0.2) is 0 Å². The number of halogens is 3. The van der Waals surface area contributed by atoms with Gasteiger partial charge >= 0.3 is 0 Å². The van der Waals surface area contributed by atoms with E-state index in [0.717, 1.165) is 38.5 Å². The molecule has 3 aliphatic rings. The van der Waals surface area contributed by atoms with Crippen LogP contribution in [-0.4, -0.2) is 88.8 Å². The van der Waals surface area contributed by atoms with E-state index in [1.807, 2.05) is 0 Å². The molecular formula is C28H49Br3O6. The van der Waals surface area contributed by atoms with Gasteiger partial charge < -0.3 is 29.2 Å². The topological polar surface area (TPSA) is 77.4 Å². The van der Waals surface area contributed by atoms with Crippen molar-refractivity contribution in [2.45, 2.75) is 123 Å². The van der Waals surface area contributed by atoms with Gasteiger partial charge in [0.2, 0.25) is 0 Å². The maximum Gasteiger partial charge on any atom is 0.101 e. The number of alkyl halides is 3. The minimum absolute atomic E-state index is 0.0602. The lowest BCUT2D eigenvalue weighted by Gasteiger charge is -2.46. The largest absolute Gasteiger partial charge is 0.388 e. The maximum atomic E-state index is 10.5. The van der Waals surface area contributed by atoms with Crippen molar-refractivity contribution in [1.29, 1.82) is 0 Å². The van der Waals surface area contributed by atoms with Crippen LogP contribution in [0.1, 0.15) is 78.1 Å². The molecular weight excluding hydrogens is 672 g/mol. The van der Waals surface area contributed by atoms with Crippen LogP contribution in [0.4, 0.5) is 0 Å². The first-order chi connectivity index (χ1) is 17.6. The number of methoxy groups -OCH3 is 1. The van der Waals surface area contributed by atoms with E-state index >= 15 is 0 Å². The minimum Gasteiger partial charge on any atom is -0.388 e. The van der Waals surface area contributed by atoms with Gasteiger partial charge in [0.15, 0.2) is 0 Å². The van der Waals surface area contributed by atoms with Crippen LogP contribution in [0.15, 0.2) is 0 Å². The molecule has 0 aromatic heterocycles. The van der Waals surface area contributed by atoms with Crippen LogP contribution in [0.3, 0.4) is 0 Å². The van der Waals surface area contributed by atoms with E-state index in [-0.39, 0.29) is 28.0 Å². The quantitative estimate of drug-likeness (QED) is 0.228. The fourth-order valence-electron chi connectivity index (χ4n) is 6.57. The molecule has 0 heterocycles. The summed E-state index contributed by atoms with van der Waals surface area (Å²) in [5, 5.41) is 20.3. The third-order valence-electron chi connectivity index (χ3n) is 9.02. The summed E-state index contributed by atoms with van der Waals surface area (Å²) in [5.74, 6) is 1.43. The zero-order chi connectivity index (χ0) is 27.0. The second-order valence-corrected chi connectivity index (χ2v) is 15.7. The highest BCUT2D eigenvalue weighted by Crippen LogP contribution is 2.49. The Morgan fingerprint density at radius 3 is 1.51 bits per heavy atom. The van der Waals surface area contributed by atoms with Crippen LogP contribution < -0.4 is 0 Å². The SMILES string of the molecule is COCC(O)COC1CCC(C(C)(C)C2CCC(OCC(O)COC3C(Br)CC(Br)CC3Br)CC2)CC1. The summed E-state index contributed by atoms with van der Waals surface area (Å²) < 4.78 is 23.1. The van der Waals surface area contributed by atoms with Gasteiger partial charge in [-0.3, -0.25) is 0 Å². The lowest BCUT2D eigenvalue weighted by Crippen LogP contribution is -2.42. The Balaban J connectivity index is 1.32. The number of aliphatic hydroxyl groups is 2. The first-order valence-corrected chi connectivity index (χ1v) is 17.0. The Hall–Kier alpha value is 1.20. The van der Waals surface area contributed by atoms with E-state index in [0.29, 0.717) is 48.5 Å². The number of hydrogen-bond donors (Lipinski definition) is 2. The first kappa shape index (κ1) is 32.7. The van der Waals surface area contributed by atoms with E-state index in [2.05, 4.69) is 61.6 Å². The minimum atomic E-state index is -0.594. The van der Waals surface area contributed by atoms with Crippen LogP contribution in [0, 0.1) is 17.3 Å². The van der Waals surface area contributed by atoms with Gasteiger partial charge in [-0.1, -0.05) is 61.6 Å². The highest BCUT2D eigenvalue weighted by Gasteiger charge is 2.41. The van der Waals surface area contributed by atoms with Crippen molar-refractivity contribution >= 4 is 47.8 Å². The zero-order valence-electron chi connectivity index (χ0n) is 22.8. The van der Waals surface area contributed by atoms with E-state index in [1.54, 1.807) is 7.11 Å². The molecule has 3 aliphatic carbocycles. The van der Waals surface area contributed by atoms with Gasteiger partial charge in [0.25, 0.3) is 0 Å². The average Bonchev–Trinajstić information content (AvgIpc) is 2.86. The molecule has 0 spiro atoms. The Kier molecular flexibility index (Phi) is 14.1. The van der Waals surface area contributed by atoms with Gasteiger partial charge in [-0.15, -0.1) is 0 Å². The number of hydrogen-bond acceptors (Lipinski definition) is 6. The lowest BCUT2D eigenvalue weighted by molar-refractivity contribution is -0.0814. The molecule has 0 radical (unpaired) electrons. The lowest BCUT2D eigenvalue weighted by atomic mass is 9.60. The van der Waals surface area contributed by atoms with Crippen molar-refractivity contribution in [2.24, 2.45) is 17.3 Å². The van der Waals surface area contributed by atoms with Crippen molar-refractivity contribution in [1.82, 2.24) is 0 Å². The molecule has 0 bridgehead atoms. The molecule has 37 heavy (non-hydrogen) atoms. The third-order valence-corrected chi connectivity index (χ3v) is 11.6. The van der Waals surface area contributed by atoms with Crippen LogP contribution in [0.2, 0.25) is 0 Å². The van der Waals surface area contributed by atoms with Crippen LogP contribution in [0.5, 0.6) is 0 Å². The van der Waals surface area contributed by atoms with Gasteiger partial charge in [0, 0.05) is 21.6 Å². The fourth-order valence-corrected chi connectivity index (χ4v) is 10.7. The van der Waals surface area contributed by atoms with Crippen LogP contribution in [-0.2, 0) is 18.9 Å². The van der Waals surface area contributed by atoms with E-state index in [4.69, 9.17) is 18.9 Å². The molecule has 0 aliphatic heterocycles. The zero-order valence-corrected chi connectivity index (χ0v) is 27.6. The second kappa shape index (κ2) is 16.0. The molecule has 0 aromatic carbocycles. The molecule has 0 amide bonds. The summed E-state index contributed by atoms with van der Waals surface area (Å²) in [6.45, 7) is 6.27. The molecule has 0 aromatic rings. The Bertz CT molecular complexity index is 627. The standard InChI is InChI=1S/C28H49Br3O6/c1-28(2,18-4-8-23(9-5-18)35-15-21(32)14-34-3)19-6-10-24(11-7-19)36-16-22(33)17-37-27-25(30)12-20(29)13-26(27)31/h18-27,32-33H,4-17H2,1-3H3. The summed E-state index contributed by atoms with van der Waals surface area (Å²) in [7, 11) is 1.60. The van der Waals surface area contributed by atoms with Gasteiger partial charge in [0.1, 0.15) is 12.2 Å². The normalized spacial score (nSPS) is 37.3. The summed E-state index contributed by atoms with van der Waals surface area (Å²) in [4.78, 5) is 1.04. The third kappa shape index (κ3) is 10.2. The number of aliphatic hydroxyl groups excluding tert-OH is 2. The molecule has 4 unspecified atom stereocenters. The van der Waals surface area contributed by atoms with E-state index < -0.39 is 12.2 Å². The van der Waals surface area contributed by atoms with Crippen molar-refractivity contribution in [3.8, 4) is 0 Å². The summed E-state index contributed by atoms with van der Waals surface area (Å²) in [6, 6.07) is 0. The van der Waals surface area contributed by atoms with Crippen molar-refractivity contribution in [2.75, 3.05) is 33.5 Å². The Labute approximate surface area is 249 Å². The second-order valence-electron chi connectivity index (χ2n) is 12.1. The van der Waals surface area contributed by atoms with Gasteiger partial charge in [-0.2, -0.15) is 0 Å². The smallest absolute Gasteiger partial charge is 0.101 e. The molecule has 218 valence electrons. The first-order valence-electron chi connectivity index (χ1n) is 14.2. The molecule has 3 fully saturated rings. The van der Waals surface area contributed by atoms with Crippen molar-refractivity contribution < 1.29 is 29.2 Å². The maximum absolute atomic E-state index is 10.5. The predicted molar refractivity (Wildman–Crippen MR) is 158 cm³/mol. The number of rotatable bonds is 13. The monoisotopic (exact) mass is 718 g/mol. The summed E-state index contributed by atoms with van der Waals surface area (Å²) >= 11 is 11.2. The van der Waals surface area contributed by atoms with E-state index in [1.165, 1.54) is 25.7 Å². The highest BCUT2D eigenvalue weighted by atomic mass is 79.9. The molecule has 9 heteroatoms. The number of ether oxygens (including phenoxy) is 4. The van der Waals surface area contributed by atoms with E-state index in [9.17, 15) is 10.2 Å². The molecule has 3 saturated carbocycles. The fraction of sp³-hybridized carbons (Fsp3) is 1.00. The Morgan fingerprint density at radius 1 is 0.676 bits per heavy atom. The average molecular weight is 721 g/mol. The van der Waals surface area contributed by atoms with Crippen molar-refractivity contribution in [3.05, 3.63) is 0 Å². The van der Waals surface area contributed by atoms with Crippen molar-refractivity contribution in [3.63, 3.8) is 0 Å². The molecule has 6 nitrogen and oxygen atoms in total. The molecule has 4 atom stereocenters. The summed E-state index contributed by atoms with van der Waals surface area (Å²) in [5.41, 5.74) is 0.311. The van der Waals surface area contributed by atoms with Crippen LogP contribution >= 0.6 is 47.8 Å². The van der Waals surface area contributed by atoms with Crippen LogP contribution in [0.25, 0.3) is 0 Å². The Morgan fingerprint density at radius 2 is 1.08 bits per heavy atom. The predicted octanol–water partition coefficient (Wildman–Crippen LogP) is 6.00. The van der Waals surface area contributed by atoms with Gasteiger partial charge in [0.05, 0.1) is 44.7 Å². The molecule has 0 saturated heterocycles. The van der Waals surface area contributed by atoms with Gasteiger partial charge in [-0.05, 0) is 81.5 Å².